The molecule has 0 aliphatic carbocycles. The number of carbonyl (C=O) groups excluding carboxylic acids is 1. The standard InChI is InChI=1S/C8H9N2O/c1-10(2)8(11)7-5-3-4-6-9-7/h3-5H,1-2H3. The lowest BCUT2D eigenvalue weighted by Gasteiger charge is -2.07. The lowest BCUT2D eigenvalue weighted by atomic mass is 10.3. The van der Waals surface area contributed by atoms with E-state index < -0.39 is 0 Å². The minimum absolute atomic E-state index is 0.0955. The molecule has 1 aromatic heterocycles. The highest BCUT2D eigenvalue weighted by Gasteiger charge is 2.06. The summed E-state index contributed by atoms with van der Waals surface area (Å²) in [5, 5.41) is 0. The Hall–Kier alpha value is -1.38. The molecule has 0 N–H and O–H groups in total. The van der Waals surface area contributed by atoms with Gasteiger partial charge in [-0.05, 0) is 12.1 Å². The maximum Gasteiger partial charge on any atom is 0.271 e. The van der Waals surface area contributed by atoms with Crippen LogP contribution in [-0.2, 0) is 0 Å². The van der Waals surface area contributed by atoms with E-state index in [4.69, 9.17) is 0 Å². The molecule has 0 saturated carbocycles. The fourth-order valence-corrected chi connectivity index (χ4v) is 0.675. The van der Waals surface area contributed by atoms with Crippen LogP contribution in [0.5, 0.6) is 0 Å². The van der Waals surface area contributed by atoms with E-state index in [9.17, 15) is 4.79 Å². The van der Waals surface area contributed by atoms with E-state index in [1.165, 1.54) is 4.90 Å². The minimum Gasteiger partial charge on any atom is -0.343 e. The molecular formula is C8H9N2O. The van der Waals surface area contributed by atoms with E-state index in [1.807, 2.05) is 0 Å². The smallest absolute Gasteiger partial charge is 0.271 e. The molecule has 1 amide bonds. The van der Waals surface area contributed by atoms with Gasteiger partial charge in [-0.2, -0.15) is 0 Å². The van der Waals surface area contributed by atoms with E-state index in [2.05, 4.69) is 11.2 Å². The summed E-state index contributed by atoms with van der Waals surface area (Å²) >= 11 is 0. The fourth-order valence-electron chi connectivity index (χ4n) is 0.675. The lowest BCUT2D eigenvalue weighted by Crippen LogP contribution is -2.22. The molecule has 1 radical (unpaired) electrons. The predicted octanol–water partition coefficient (Wildman–Crippen LogP) is 0.584. The monoisotopic (exact) mass is 149 g/mol. The van der Waals surface area contributed by atoms with E-state index in [0.29, 0.717) is 5.69 Å². The molecule has 0 fully saturated rings. The molecule has 0 saturated heterocycles. The van der Waals surface area contributed by atoms with Crippen LogP contribution in [0.15, 0.2) is 18.2 Å². The summed E-state index contributed by atoms with van der Waals surface area (Å²) in [6.45, 7) is 0. The highest BCUT2D eigenvalue weighted by molar-refractivity contribution is 5.91. The third-order valence-corrected chi connectivity index (χ3v) is 1.24. The topological polar surface area (TPSA) is 33.2 Å². The molecule has 0 spiro atoms. The number of hydrogen-bond acceptors (Lipinski definition) is 2. The number of amides is 1. The van der Waals surface area contributed by atoms with Crippen molar-refractivity contribution in [3.63, 3.8) is 0 Å². The van der Waals surface area contributed by atoms with E-state index >= 15 is 0 Å². The number of nitrogens with zero attached hydrogens (tertiary/aromatic N) is 2. The largest absolute Gasteiger partial charge is 0.343 e. The second-order valence-corrected chi connectivity index (χ2v) is 2.35. The zero-order valence-corrected chi connectivity index (χ0v) is 6.53. The van der Waals surface area contributed by atoms with Crippen LogP contribution in [0.3, 0.4) is 0 Å². The second-order valence-electron chi connectivity index (χ2n) is 2.35. The Balaban J connectivity index is 2.86. The molecule has 0 aliphatic heterocycles. The predicted molar refractivity (Wildman–Crippen MR) is 41.1 cm³/mol. The first-order valence-electron chi connectivity index (χ1n) is 3.26. The Bertz CT molecular complexity index is 244. The molecular weight excluding hydrogens is 140 g/mol. The van der Waals surface area contributed by atoms with Gasteiger partial charge in [-0.3, -0.25) is 4.79 Å². The van der Waals surface area contributed by atoms with Crippen LogP contribution < -0.4 is 0 Å². The summed E-state index contributed by atoms with van der Waals surface area (Å²) in [7, 11) is 3.38. The van der Waals surface area contributed by atoms with Crippen molar-refractivity contribution >= 4 is 5.91 Å². The first kappa shape index (κ1) is 7.72. The molecule has 0 aromatic carbocycles. The van der Waals surface area contributed by atoms with Crippen LogP contribution >= 0.6 is 0 Å². The van der Waals surface area contributed by atoms with Gasteiger partial charge in [-0.25, -0.2) is 4.98 Å². The fraction of sp³-hybridized carbons (Fsp3) is 0.250. The van der Waals surface area contributed by atoms with Crippen LogP contribution in [0.4, 0.5) is 0 Å². The van der Waals surface area contributed by atoms with Crippen molar-refractivity contribution in [2.75, 3.05) is 14.1 Å². The Labute approximate surface area is 65.7 Å². The van der Waals surface area contributed by atoms with Crippen molar-refractivity contribution in [2.45, 2.75) is 0 Å². The van der Waals surface area contributed by atoms with Crippen molar-refractivity contribution in [1.82, 2.24) is 9.88 Å². The third kappa shape index (κ3) is 1.77. The number of aromatic nitrogens is 1. The van der Waals surface area contributed by atoms with Gasteiger partial charge >= 0.3 is 0 Å². The average molecular weight is 149 g/mol. The zero-order valence-electron chi connectivity index (χ0n) is 6.53. The van der Waals surface area contributed by atoms with Crippen molar-refractivity contribution in [3.8, 4) is 0 Å². The zero-order chi connectivity index (χ0) is 8.27. The molecule has 57 valence electrons. The normalized spacial score (nSPS) is 9.27. The van der Waals surface area contributed by atoms with Crippen molar-refractivity contribution in [2.24, 2.45) is 0 Å². The SMILES string of the molecule is CN(C)C(=O)c1ccc[c]n1. The Morgan fingerprint density at radius 1 is 1.64 bits per heavy atom. The molecule has 0 unspecified atom stereocenters. The van der Waals surface area contributed by atoms with Crippen LogP contribution in [0.2, 0.25) is 0 Å². The van der Waals surface area contributed by atoms with Gasteiger partial charge in [-0.15, -0.1) is 0 Å². The molecule has 1 heterocycles. The molecule has 0 atom stereocenters. The third-order valence-electron chi connectivity index (χ3n) is 1.24. The average Bonchev–Trinajstić information content (AvgIpc) is 2.05. The summed E-state index contributed by atoms with van der Waals surface area (Å²) in [5.74, 6) is -0.0955. The van der Waals surface area contributed by atoms with E-state index in [0.717, 1.165) is 0 Å². The van der Waals surface area contributed by atoms with Gasteiger partial charge in [-0.1, -0.05) is 6.07 Å². The molecule has 3 heteroatoms. The van der Waals surface area contributed by atoms with Crippen LogP contribution in [0.1, 0.15) is 10.5 Å². The molecule has 0 aliphatic rings. The van der Waals surface area contributed by atoms with Gasteiger partial charge in [0, 0.05) is 14.1 Å². The van der Waals surface area contributed by atoms with Gasteiger partial charge in [0.05, 0.1) is 6.20 Å². The van der Waals surface area contributed by atoms with Gasteiger partial charge in [0.15, 0.2) is 0 Å². The van der Waals surface area contributed by atoms with Gasteiger partial charge in [0.2, 0.25) is 0 Å². The summed E-state index contributed by atoms with van der Waals surface area (Å²) < 4.78 is 0. The molecule has 1 rings (SSSR count). The maximum atomic E-state index is 11.2. The lowest BCUT2D eigenvalue weighted by molar-refractivity contribution is 0.0822. The maximum absolute atomic E-state index is 11.2. The second kappa shape index (κ2) is 3.14. The molecule has 1 aromatic rings. The highest BCUT2D eigenvalue weighted by Crippen LogP contribution is 1.95. The number of hydrogen-bond donors (Lipinski definition) is 0. The first-order chi connectivity index (χ1) is 5.22. The van der Waals surface area contributed by atoms with Crippen molar-refractivity contribution < 1.29 is 4.79 Å². The number of rotatable bonds is 1. The van der Waals surface area contributed by atoms with Gasteiger partial charge in [0.1, 0.15) is 5.69 Å². The quantitative estimate of drug-likeness (QED) is 0.585. The molecule has 3 nitrogen and oxygen atoms in total. The van der Waals surface area contributed by atoms with Crippen molar-refractivity contribution in [1.29, 1.82) is 0 Å². The summed E-state index contributed by atoms with van der Waals surface area (Å²) in [6.07, 6.45) is 2.60. The van der Waals surface area contributed by atoms with Crippen LogP contribution in [0.25, 0.3) is 0 Å². The summed E-state index contributed by atoms with van der Waals surface area (Å²) in [6, 6.07) is 5.06. The van der Waals surface area contributed by atoms with Crippen molar-refractivity contribution in [3.05, 3.63) is 30.1 Å². The van der Waals surface area contributed by atoms with E-state index in [-0.39, 0.29) is 5.91 Å². The van der Waals surface area contributed by atoms with Crippen LogP contribution in [-0.4, -0.2) is 29.9 Å². The number of carbonyl (C=O) groups is 1. The molecule has 0 bridgehead atoms. The Morgan fingerprint density at radius 3 is 2.82 bits per heavy atom. The Morgan fingerprint density at radius 2 is 2.36 bits per heavy atom. The number of pyridine rings is 1. The summed E-state index contributed by atoms with van der Waals surface area (Å²) in [4.78, 5) is 16.5. The Kier molecular flexibility index (Phi) is 2.21. The van der Waals surface area contributed by atoms with Gasteiger partial charge in [0.25, 0.3) is 5.91 Å². The van der Waals surface area contributed by atoms with Gasteiger partial charge < -0.3 is 4.90 Å². The minimum atomic E-state index is -0.0955. The highest BCUT2D eigenvalue weighted by atomic mass is 16.2. The molecule has 11 heavy (non-hydrogen) atoms. The van der Waals surface area contributed by atoms with Crippen LogP contribution in [0, 0.1) is 6.20 Å². The first-order valence-corrected chi connectivity index (χ1v) is 3.26. The van der Waals surface area contributed by atoms with E-state index in [1.54, 1.807) is 32.3 Å². The summed E-state index contributed by atoms with van der Waals surface area (Å²) in [5.41, 5.74) is 0.428.